The SMILES string of the molecule is CC(C)(C)c1cc(N2c3cc(-c4ccc5c(c4)c4cc6c(cc4n5-c4ccccc4)sc4ccccc46)cc4c3B(c3ccc5ccccc5c32)c2ccc3ccccc3c2N4c2cc(C(C)(C)C)cc(C(C)(C)C)c2)cc(C(C)(C)C)c1. The first-order valence-electron chi connectivity index (χ1n) is 29.8. The Morgan fingerprint density at radius 1 is 0.325 bits per heavy atom. The quantitative estimate of drug-likeness (QED) is 0.163. The van der Waals surface area contributed by atoms with Gasteiger partial charge in [-0.25, -0.2) is 0 Å². The molecule has 2 aliphatic heterocycles. The molecule has 11 aromatic carbocycles. The molecular formula is C78H70BN3S. The van der Waals surface area contributed by atoms with Gasteiger partial charge in [-0.1, -0.05) is 210 Å². The number of rotatable bonds is 4. The van der Waals surface area contributed by atoms with Gasteiger partial charge >= 0.3 is 0 Å². The lowest BCUT2D eigenvalue weighted by Gasteiger charge is -2.46. The van der Waals surface area contributed by atoms with Gasteiger partial charge in [0.1, 0.15) is 0 Å². The largest absolute Gasteiger partial charge is 0.311 e. The monoisotopic (exact) mass is 1090 g/mol. The molecule has 2 aromatic heterocycles. The van der Waals surface area contributed by atoms with Gasteiger partial charge < -0.3 is 14.4 Å². The third-order valence-electron chi connectivity index (χ3n) is 18.3. The summed E-state index contributed by atoms with van der Waals surface area (Å²) in [6, 6.07) is 80.0. The molecule has 15 rings (SSSR count). The Balaban J connectivity index is 1.11. The minimum absolute atomic E-state index is 0.0734. The summed E-state index contributed by atoms with van der Waals surface area (Å²) in [4.78, 5) is 5.38. The second-order valence-electron chi connectivity index (χ2n) is 27.9. The number of hydrogen-bond donors (Lipinski definition) is 0. The zero-order valence-corrected chi connectivity index (χ0v) is 50.8. The van der Waals surface area contributed by atoms with E-state index in [2.05, 4.69) is 304 Å². The van der Waals surface area contributed by atoms with E-state index in [1.54, 1.807) is 0 Å². The number of fused-ring (bicyclic) bond motifs is 14. The Labute approximate surface area is 493 Å². The van der Waals surface area contributed by atoms with E-state index in [-0.39, 0.29) is 28.4 Å². The standard InChI is InChI=1S/C78H70BN3S/c1-75(2,3)51-39-52(76(4,5)6)42-56(41-51)81-68-37-50(49-32-35-66-61(36-49)62-45-63-60-28-20-21-29-70(60)83-71(63)46-67(62)80(66)55-24-14-13-15-25-55)38-69-72(68)79(64-33-30-47-22-16-18-26-58(47)73(64)81)65-34-31-48-23-17-19-27-59(48)74(65)82(69)57-43-53(77(7,8)9)40-54(44-57)78(10,11)12/h13-46H,1-12H3. The third-order valence-corrected chi connectivity index (χ3v) is 19.4. The summed E-state index contributed by atoms with van der Waals surface area (Å²) in [6.45, 7) is 28.3. The predicted octanol–water partition coefficient (Wildman–Crippen LogP) is 20.4. The summed E-state index contributed by atoms with van der Waals surface area (Å²) in [7, 11) is 0. The number of benzene rings is 11. The van der Waals surface area contributed by atoms with E-state index >= 15 is 0 Å². The molecule has 0 fully saturated rings. The van der Waals surface area contributed by atoms with Crippen LogP contribution in [0, 0.1) is 0 Å². The Hall–Kier alpha value is -8.38. The van der Waals surface area contributed by atoms with E-state index in [9.17, 15) is 0 Å². The minimum Gasteiger partial charge on any atom is -0.311 e. The van der Waals surface area contributed by atoms with Crippen LogP contribution in [0.5, 0.6) is 0 Å². The number of anilines is 6. The van der Waals surface area contributed by atoms with E-state index in [1.165, 1.54) is 147 Å². The molecular weight excluding hydrogens is 1020 g/mol. The second kappa shape index (κ2) is 18.1. The van der Waals surface area contributed by atoms with Gasteiger partial charge in [-0.15, -0.1) is 11.3 Å². The van der Waals surface area contributed by atoms with Gasteiger partial charge in [0.25, 0.3) is 6.71 Å². The highest BCUT2D eigenvalue weighted by Crippen LogP contribution is 2.52. The molecule has 4 heterocycles. The first-order valence-corrected chi connectivity index (χ1v) is 30.6. The Morgan fingerprint density at radius 3 is 1.31 bits per heavy atom. The van der Waals surface area contributed by atoms with Crippen molar-refractivity contribution in [3.05, 3.63) is 229 Å². The molecule has 0 amide bonds. The van der Waals surface area contributed by atoms with Crippen LogP contribution < -0.4 is 26.2 Å². The Bertz CT molecular complexity index is 4600. The molecule has 406 valence electrons. The average molecular weight is 1090 g/mol. The van der Waals surface area contributed by atoms with Crippen molar-refractivity contribution in [3.8, 4) is 16.8 Å². The van der Waals surface area contributed by atoms with Crippen molar-refractivity contribution in [1.82, 2.24) is 4.57 Å². The molecule has 0 bridgehead atoms. The van der Waals surface area contributed by atoms with Crippen LogP contribution in [0.3, 0.4) is 0 Å². The molecule has 5 heteroatoms. The van der Waals surface area contributed by atoms with Crippen molar-refractivity contribution in [1.29, 1.82) is 0 Å². The van der Waals surface area contributed by atoms with E-state index in [1.807, 2.05) is 11.3 Å². The van der Waals surface area contributed by atoms with E-state index in [0.717, 1.165) is 5.69 Å². The summed E-state index contributed by atoms with van der Waals surface area (Å²) in [6.07, 6.45) is 0. The predicted molar refractivity (Wildman–Crippen MR) is 363 cm³/mol. The van der Waals surface area contributed by atoms with E-state index in [4.69, 9.17) is 0 Å². The normalized spacial score (nSPS) is 13.7. The zero-order valence-electron chi connectivity index (χ0n) is 50.0. The molecule has 0 unspecified atom stereocenters. The van der Waals surface area contributed by atoms with E-state index < -0.39 is 0 Å². The number of nitrogens with zero attached hydrogens (tertiary/aromatic N) is 3. The minimum atomic E-state index is -0.105. The van der Waals surface area contributed by atoms with Crippen LogP contribution >= 0.6 is 11.3 Å². The van der Waals surface area contributed by atoms with Gasteiger partial charge in [-0.2, -0.15) is 0 Å². The van der Waals surface area contributed by atoms with Crippen LogP contribution in [-0.2, 0) is 21.7 Å². The maximum atomic E-state index is 2.69. The molecule has 3 nitrogen and oxygen atoms in total. The Kier molecular flexibility index (Phi) is 11.2. The number of thiophene rings is 1. The van der Waals surface area contributed by atoms with Gasteiger partial charge in [-0.05, 0) is 161 Å². The molecule has 0 spiro atoms. The van der Waals surface area contributed by atoms with Crippen molar-refractivity contribution in [2.45, 2.75) is 105 Å². The fraction of sp³-hybridized carbons (Fsp3) is 0.205. The smallest absolute Gasteiger partial charge is 0.252 e. The van der Waals surface area contributed by atoms with Crippen LogP contribution in [0.1, 0.15) is 105 Å². The number of hydrogen-bond acceptors (Lipinski definition) is 3. The van der Waals surface area contributed by atoms with Crippen molar-refractivity contribution in [3.63, 3.8) is 0 Å². The molecule has 0 radical (unpaired) electrons. The number of para-hydroxylation sites is 1. The lowest BCUT2D eigenvalue weighted by Crippen LogP contribution is -2.61. The highest BCUT2D eigenvalue weighted by atomic mass is 32.1. The van der Waals surface area contributed by atoms with Crippen LogP contribution in [0.4, 0.5) is 34.1 Å². The average Bonchev–Trinajstić information content (AvgIpc) is 1.39. The lowest BCUT2D eigenvalue weighted by molar-refractivity contribution is 0.568. The third kappa shape index (κ3) is 8.12. The van der Waals surface area contributed by atoms with Crippen LogP contribution in [0.2, 0.25) is 0 Å². The summed E-state index contributed by atoms with van der Waals surface area (Å²) in [5.74, 6) is 0. The van der Waals surface area contributed by atoms with Crippen LogP contribution in [0.25, 0.3) is 80.3 Å². The Morgan fingerprint density at radius 2 is 0.795 bits per heavy atom. The second-order valence-corrected chi connectivity index (χ2v) is 29.0. The summed E-state index contributed by atoms with van der Waals surface area (Å²) >= 11 is 1.89. The molecule has 2 aliphatic rings. The maximum Gasteiger partial charge on any atom is 0.252 e. The molecule has 13 aromatic rings. The molecule has 83 heavy (non-hydrogen) atoms. The summed E-state index contributed by atoms with van der Waals surface area (Å²) in [5.41, 5.74) is 22.1. The first kappa shape index (κ1) is 51.5. The van der Waals surface area contributed by atoms with Gasteiger partial charge in [0, 0.05) is 81.5 Å². The zero-order chi connectivity index (χ0) is 57.2. The molecule has 0 aliphatic carbocycles. The van der Waals surface area contributed by atoms with Crippen LogP contribution in [-0.4, -0.2) is 11.3 Å². The topological polar surface area (TPSA) is 11.4 Å². The van der Waals surface area contributed by atoms with E-state index in [0.29, 0.717) is 0 Å². The van der Waals surface area contributed by atoms with Gasteiger partial charge in [0.05, 0.1) is 11.0 Å². The summed E-state index contributed by atoms with van der Waals surface area (Å²) in [5, 5.41) is 10.1. The van der Waals surface area contributed by atoms with Crippen molar-refractivity contribution >= 4 is 132 Å². The summed E-state index contributed by atoms with van der Waals surface area (Å²) < 4.78 is 5.10. The molecule has 0 N–H and O–H groups in total. The highest BCUT2D eigenvalue weighted by molar-refractivity contribution is 7.25. The van der Waals surface area contributed by atoms with Crippen molar-refractivity contribution < 1.29 is 0 Å². The molecule has 0 saturated carbocycles. The van der Waals surface area contributed by atoms with Gasteiger partial charge in [0.2, 0.25) is 0 Å². The highest BCUT2D eigenvalue weighted by Gasteiger charge is 2.45. The van der Waals surface area contributed by atoms with Crippen molar-refractivity contribution in [2.75, 3.05) is 9.80 Å². The van der Waals surface area contributed by atoms with Gasteiger partial charge in [-0.3, -0.25) is 0 Å². The first-order chi connectivity index (χ1) is 39.7. The van der Waals surface area contributed by atoms with Crippen molar-refractivity contribution in [2.24, 2.45) is 0 Å². The molecule has 0 atom stereocenters. The number of aromatic nitrogens is 1. The van der Waals surface area contributed by atoms with Gasteiger partial charge in [0.15, 0.2) is 0 Å². The molecule has 0 saturated heterocycles. The van der Waals surface area contributed by atoms with Crippen LogP contribution in [0.15, 0.2) is 206 Å². The maximum absolute atomic E-state index is 2.69. The lowest BCUT2D eigenvalue weighted by atomic mass is 9.33. The fourth-order valence-electron chi connectivity index (χ4n) is 13.7. The fourth-order valence-corrected chi connectivity index (χ4v) is 14.8.